The lowest BCUT2D eigenvalue weighted by Crippen LogP contribution is -2.65. The minimum Gasteiger partial charge on any atom is -0.387 e. The first-order chi connectivity index (χ1) is 9.73. The Labute approximate surface area is 135 Å². The van der Waals surface area contributed by atoms with Crippen molar-refractivity contribution in [1.82, 2.24) is 4.90 Å². The summed E-state index contributed by atoms with van der Waals surface area (Å²) in [6.07, 6.45) is 0. The molecule has 0 aromatic heterocycles. The number of hydrogen-bond acceptors (Lipinski definition) is 3. The lowest BCUT2D eigenvalue weighted by atomic mass is 9.83. The molecule has 0 atom stereocenters. The molecule has 0 saturated carbocycles. The van der Waals surface area contributed by atoms with Crippen LogP contribution in [-0.2, 0) is 4.79 Å². The molecular weight excluding hydrogens is 311 g/mol. The zero-order valence-corrected chi connectivity index (χ0v) is 13.9. The molecule has 1 aromatic carbocycles. The van der Waals surface area contributed by atoms with Gasteiger partial charge in [0.05, 0.1) is 27.9 Å². The van der Waals surface area contributed by atoms with Gasteiger partial charge in [-0.15, -0.1) is 0 Å². The zero-order chi connectivity index (χ0) is 15.8. The molecule has 21 heavy (non-hydrogen) atoms. The molecule has 2 N–H and O–H groups in total. The summed E-state index contributed by atoms with van der Waals surface area (Å²) in [5.41, 5.74) is 0.622. The molecule has 116 valence electrons. The molecule has 4 nitrogen and oxygen atoms in total. The predicted molar refractivity (Wildman–Crippen MR) is 86.1 cm³/mol. The van der Waals surface area contributed by atoms with Crippen molar-refractivity contribution in [3.63, 3.8) is 0 Å². The first kappa shape index (κ1) is 16.6. The first-order valence-electron chi connectivity index (χ1n) is 6.92. The Kier molecular flexibility index (Phi) is 4.83. The van der Waals surface area contributed by atoms with Gasteiger partial charge in [0, 0.05) is 13.1 Å². The van der Waals surface area contributed by atoms with E-state index in [0.717, 1.165) is 5.56 Å². The second-order valence-corrected chi connectivity index (χ2v) is 6.79. The van der Waals surface area contributed by atoms with Gasteiger partial charge in [0.1, 0.15) is 0 Å². The van der Waals surface area contributed by atoms with E-state index in [1.807, 2.05) is 25.7 Å². The molecule has 0 bridgehead atoms. The van der Waals surface area contributed by atoms with E-state index in [1.54, 1.807) is 12.1 Å². The van der Waals surface area contributed by atoms with Crippen molar-refractivity contribution in [2.24, 2.45) is 5.92 Å². The molecule has 6 heteroatoms. The maximum absolute atomic E-state index is 12.1. The molecule has 0 unspecified atom stereocenters. The number of rotatable bonds is 4. The molecular formula is C15H20Cl2N2O2. The highest BCUT2D eigenvalue weighted by Gasteiger charge is 2.43. The number of nitrogens with one attached hydrogen (secondary N) is 1. The highest BCUT2D eigenvalue weighted by molar-refractivity contribution is 6.40. The van der Waals surface area contributed by atoms with Gasteiger partial charge in [-0.2, -0.15) is 0 Å². The third-order valence-corrected chi connectivity index (χ3v) is 4.79. The van der Waals surface area contributed by atoms with E-state index in [0.29, 0.717) is 28.8 Å². The fourth-order valence-corrected chi connectivity index (χ4v) is 2.82. The van der Waals surface area contributed by atoms with Gasteiger partial charge in [0.15, 0.2) is 0 Å². The minimum absolute atomic E-state index is 0.178. The van der Waals surface area contributed by atoms with Crippen LogP contribution in [0.15, 0.2) is 12.1 Å². The minimum atomic E-state index is -0.682. The van der Waals surface area contributed by atoms with Crippen LogP contribution >= 0.6 is 23.2 Å². The molecule has 2 rings (SSSR count). The molecule has 0 aliphatic carbocycles. The number of carbonyl (C=O) groups excluding carboxylic acids is 1. The van der Waals surface area contributed by atoms with E-state index in [2.05, 4.69) is 5.32 Å². The second kappa shape index (κ2) is 6.13. The van der Waals surface area contributed by atoms with Gasteiger partial charge in [-0.25, -0.2) is 0 Å². The third kappa shape index (κ3) is 3.51. The van der Waals surface area contributed by atoms with Gasteiger partial charge >= 0.3 is 0 Å². The monoisotopic (exact) mass is 330 g/mol. The Hall–Kier alpha value is -0.810. The van der Waals surface area contributed by atoms with Crippen LogP contribution in [0.5, 0.6) is 0 Å². The summed E-state index contributed by atoms with van der Waals surface area (Å²) in [5.74, 6) is -0.00678. The van der Waals surface area contributed by atoms with Crippen LogP contribution < -0.4 is 5.32 Å². The second-order valence-electron chi connectivity index (χ2n) is 6.00. The molecule has 1 saturated heterocycles. The summed E-state index contributed by atoms with van der Waals surface area (Å²) in [6.45, 7) is 7.04. The largest absolute Gasteiger partial charge is 0.387 e. The fraction of sp³-hybridized carbons (Fsp3) is 0.533. The van der Waals surface area contributed by atoms with Crippen molar-refractivity contribution >= 4 is 34.8 Å². The van der Waals surface area contributed by atoms with Crippen molar-refractivity contribution in [2.75, 3.05) is 25.0 Å². The normalized spacial score (nSPS) is 17.7. The lowest BCUT2D eigenvalue weighted by Gasteiger charge is -2.48. The summed E-state index contributed by atoms with van der Waals surface area (Å²) < 4.78 is 0. The summed E-state index contributed by atoms with van der Waals surface area (Å²) in [5, 5.41) is 13.8. The highest BCUT2D eigenvalue weighted by atomic mass is 35.5. The van der Waals surface area contributed by atoms with Crippen molar-refractivity contribution in [3.05, 3.63) is 27.7 Å². The van der Waals surface area contributed by atoms with Gasteiger partial charge in [0.2, 0.25) is 5.91 Å². The summed E-state index contributed by atoms with van der Waals surface area (Å²) in [4.78, 5) is 14.0. The van der Waals surface area contributed by atoms with Gasteiger partial charge in [-0.05, 0) is 24.5 Å². The number of halogens is 2. The van der Waals surface area contributed by atoms with Crippen LogP contribution in [0.2, 0.25) is 10.0 Å². The number of β-amino-alcohol motifs (C(OH)–C–C–N with tert-alkyl or cyclic N) is 1. The van der Waals surface area contributed by atoms with Crippen LogP contribution in [-0.4, -0.2) is 41.1 Å². The number of benzene rings is 1. The topological polar surface area (TPSA) is 52.6 Å². The summed E-state index contributed by atoms with van der Waals surface area (Å²) >= 11 is 12.2. The smallest absolute Gasteiger partial charge is 0.238 e. The number of amides is 1. The number of anilines is 1. The van der Waals surface area contributed by atoms with Gasteiger partial charge < -0.3 is 10.4 Å². The summed E-state index contributed by atoms with van der Waals surface area (Å²) in [6, 6.07) is 3.51. The van der Waals surface area contributed by atoms with Crippen molar-refractivity contribution < 1.29 is 9.90 Å². The van der Waals surface area contributed by atoms with Crippen molar-refractivity contribution in [1.29, 1.82) is 0 Å². The van der Waals surface area contributed by atoms with Gasteiger partial charge in [0.25, 0.3) is 0 Å². The number of aryl methyl sites for hydroxylation is 1. The zero-order valence-electron chi connectivity index (χ0n) is 12.4. The first-order valence-corrected chi connectivity index (χ1v) is 7.68. The average Bonchev–Trinajstić information content (AvgIpc) is 2.37. The number of carbonyl (C=O) groups is 1. The molecule has 0 spiro atoms. The number of likely N-dealkylation sites (tertiary alicyclic amines) is 1. The Morgan fingerprint density at radius 3 is 2.62 bits per heavy atom. The van der Waals surface area contributed by atoms with E-state index in [-0.39, 0.29) is 18.4 Å². The van der Waals surface area contributed by atoms with Gasteiger partial charge in [-0.1, -0.05) is 43.1 Å². The molecule has 0 radical (unpaired) electrons. The van der Waals surface area contributed by atoms with Crippen LogP contribution in [0.3, 0.4) is 0 Å². The average molecular weight is 331 g/mol. The molecule has 1 aromatic rings. The van der Waals surface area contributed by atoms with E-state index < -0.39 is 5.60 Å². The van der Waals surface area contributed by atoms with E-state index in [4.69, 9.17) is 23.2 Å². The Morgan fingerprint density at radius 2 is 2.05 bits per heavy atom. The van der Waals surface area contributed by atoms with Crippen LogP contribution in [0.25, 0.3) is 0 Å². The Morgan fingerprint density at radius 1 is 1.43 bits per heavy atom. The third-order valence-electron chi connectivity index (χ3n) is 3.99. The maximum Gasteiger partial charge on any atom is 0.238 e. The highest BCUT2D eigenvalue weighted by Crippen LogP contribution is 2.33. The Bertz CT molecular complexity index is 555. The van der Waals surface area contributed by atoms with Crippen LogP contribution in [0, 0.1) is 12.8 Å². The quantitative estimate of drug-likeness (QED) is 0.892. The summed E-state index contributed by atoms with van der Waals surface area (Å²) in [7, 11) is 0. The number of hydrogen-bond donors (Lipinski definition) is 2. The van der Waals surface area contributed by atoms with E-state index in [9.17, 15) is 9.90 Å². The van der Waals surface area contributed by atoms with Crippen LogP contribution in [0.1, 0.15) is 19.4 Å². The van der Waals surface area contributed by atoms with E-state index in [1.165, 1.54) is 0 Å². The molecule has 1 aliphatic rings. The fourth-order valence-electron chi connectivity index (χ4n) is 2.36. The SMILES string of the molecule is Cc1ccc(Cl)c(NC(=O)CN2CC(O)(C(C)C)C2)c1Cl. The van der Waals surface area contributed by atoms with Crippen molar-refractivity contribution in [2.45, 2.75) is 26.4 Å². The Balaban J connectivity index is 1.94. The lowest BCUT2D eigenvalue weighted by molar-refractivity contribution is -0.139. The van der Waals surface area contributed by atoms with E-state index >= 15 is 0 Å². The molecule has 1 aliphatic heterocycles. The standard InChI is InChI=1S/C15H20Cl2N2O2/c1-9(2)15(21)7-19(8-15)6-12(20)18-14-11(16)5-4-10(3)13(14)17/h4-5,9,21H,6-8H2,1-3H3,(H,18,20). The predicted octanol–water partition coefficient (Wildman–Crippen LogP) is 2.94. The molecule has 1 heterocycles. The maximum atomic E-state index is 12.1. The number of nitrogens with zero attached hydrogens (tertiary/aromatic N) is 1. The van der Waals surface area contributed by atoms with Gasteiger partial charge in [-0.3, -0.25) is 9.69 Å². The molecule has 1 amide bonds. The molecule has 1 fully saturated rings. The number of aliphatic hydroxyl groups is 1. The van der Waals surface area contributed by atoms with Crippen molar-refractivity contribution in [3.8, 4) is 0 Å². The van der Waals surface area contributed by atoms with Crippen LogP contribution in [0.4, 0.5) is 5.69 Å².